The minimum Gasteiger partial charge on any atom is -0.362 e. The quantitative estimate of drug-likeness (QED) is 0.383. The summed E-state index contributed by atoms with van der Waals surface area (Å²) < 4.78 is 0. The lowest BCUT2D eigenvalue weighted by molar-refractivity contribution is -0.121. The topological polar surface area (TPSA) is 85.9 Å². The molecule has 7 nitrogen and oxygen atoms in total. The van der Waals surface area contributed by atoms with Crippen molar-refractivity contribution in [2.24, 2.45) is 0 Å². The van der Waals surface area contributed by atoms with Gasteiger partial charge >= 0.3 is 0 Å². The normalized spacial score (nSPS) is 17.8. The van der Waals surface area contributed by atoms with Crippen molar-refractivity contribution >= 4 is 39.5 Å². The largest absolute Gasteiger partial charge is 0.362 e. The first-order valence-electron chi connectivity index (χ1n) is 11.6. The molecule has 0 spiro atoms. The van der Waals surface area contributed by atoms with Gasteiger partial charge in [0.15, 0.2) is 0 Å². The number of anilines is 2. The van der Waals surface area contributed by atoms with Gasteiger partial charge < -0.3 is 20.5 Å². The fourth-order valence-corrected chi connectivity index (χ4v) is 4.76. The van der Waals surface area contributed by atoms with Crippen molar-refractivity contribution in [2.75, 3.05) is 24.3 Å². The molecule has 2 aromatic heterocycles. The summed E-state index contributed by atoms with van der Waals surface area (Å²) in [6, 6.07) is 16.7. The van der Waals surface area contributed by atoms with Crippen LogP contribution in [0.3, 0.4) is 0 Å². The molecule has 5 rings (SSSR count). The third-order valence-electron chi connectivity index (χ3n) is 6.46. The van der Waals surface area contributed by atoms with Gasteiger partial charge in [-0.1, -0.05) is 37.8 Å². The highest BCUT2D eigenvalue weighted by Gasteiger charge is 2.23. The lowest BCUT2D eigenvalue weighted by atomic mass is 9.91. The first kappa shape index (κ1) is 23.5. The average Bonchev–Trinajstić information content (AvgIpc) is 3.22. The van der Waals surface area contributed by atoms with Gasteiger partial charge in [0, 0.05) is 48.7 Å². The number of rotatable bonds is 6. The predicted molar refractivity (Wildman–Crippen MR) is 140 cm³/mol. The number of H-pyrrole nitrogens is 1. The van der Waals surface area contributed by atoms with E-state index < -0.39 is 0 Å². The smallest absolute Gasteiger partial charge is 0.225 e. The van der Waals surface area contributed by atoms with Crippen LogP contribution in [0, 0.1) is 0 Å². The number of hydrogen-bond donors (Lipinski definition) is 3. The fourth-order valence-electron chi connectivity index (χ4n) is 4.76. The van der Waals surface area contributed by atoms with Gasteiger partial charge in [0.1, 0.15) is 5.82 Å². The molecule has 1 amide bonds. The number of hydrogen-bond acceptors (Lipinski definition) is 5. The monoisotopic (exact) mass is 458 g/mol. The van der Waals surface area contributed by atoms with Gasteiger partial charge in [0.05, 0.1) is 11.9 Å². The molecule has 7 heteroatoms. The second kappa shape index (κ2) is 10.1. The summed E-state index contributed by atoms with van der Waals surface area (Å²) in [6.07, 6.45) is 6.20. The molecule has 2 heterocycles. The number of nitrogens with zero attached hydrogens (tertiary/aromatic N) is 3. The Kier molecular flexibility index (Phi) is 7.01. The summed E-state index contributed by atoms with van der Waals surface area (Å²) >= 11 is 0. The van der Waals surface area contributed by atoms with Crippen LogP contribution < -0.4 is 15.5 Å². The molecule has 2 aromatic carbocycles. The first-order chi connectivity index (χ1) is 16.1. The van der Waals surface area contributed by atoms with E-state index in [1.54, 1.807) is 0 Å². The van der Waals surface area contributed by atoms with E-state index in [1.807, 2.05) is 61.6 Å². The highest BCUT2D eigenvalue weighted by atomic mass is 16.1. The summed E-state index contributed by atoms with van der Waals surface area (Å²) in [6.45, 7) is 0. The Bertz CT molecular complexity index is 1270. The van der Waals surface area contributed by atoms with Crippen LogP contribution in [0.25, 0.3) is 21.8 Å². The van der Waals surface area contributed by atoms with E-state index in [2.05, 4.69) is 27.8 Å². The van der Waals surface area contributed by atoms with Crippen LogP contribution >= 0.6 is 0 Å². The molecule has 0 atom stereocenters. The number of fused-ring (bicyclic) bond motifs is 2. The molecule has 0 bridgehead atoms. The van der Waals surface area contributed by atoms with Gasteiger partial charge in [-0.15, -0.1) is 0 Å². The van der Waals surface area contributed by atoms with Gasteiger partial charge in [0.25, 0.3) is 0 Å². The average molecular weight is 459 g/mol. The molecule has 1 saturated carbocycles. The summed E-state index contributed by atoms with van der Waals surface area (Å²) in [5.41, 5.74) is 3.06. The lowest BCUT2D eigenvalue weighted by Crippen LogP contribution is -2.40. The number of benzene rings is 2. The zero-order chi connectivity index (χ0) is 22.8. The molecule has 0 unspecified atom stereocenters. The molecule has 0 saturated heterocycles. The van der Waals surface area contributed by atoms with E-state index in [1.165, 1.54) is 0 Å². The van der Waals surface area contributed by atoms with Crippen LogP contribution in [0.4, 0.5) is 11.8 Å². The lowest BCUT2D eigenvalue weighted by Gasteiger charge is -2.30. The third-order valence-corrected chi connectivity index (χ3v) is 6.46. The molecule has 1 aliphatic carbocycles. The predicted octanol–water partition coefficient (Wildman–Crippen LogP) is 4.90. The maximum atomic E-state index is 12.7. The summed E-state index contributed by atoms with van der Waals surface area (Å²) in [5.74, 6) is 1.68. The number of carbonyl (C=O) groups excluding carboxylic acids is 1. The van der Waals surface area contributed by atoms with Crippen molar-refractivity contribution < 1.29 is 4.79 Å². The first-order valence-corrected chi connectivity index (χ1v) is 11.6. The number of nitrogens with one attached hydrogen (secondary N) is 3. The molecule has 3 N–H and O–H groups in total. The molecule has 178 valence electrons. The highest BCUT2D eigenvalue weighted by molar-refractivity contribution is 5.90. The molecule has 0 aliphatic heterocycles. The summed E-state index contributed by atoms with van der Waals surface area (Å²) in [5, 5.41) is 8.94. The maximum absolute atomic E-state index is 12.7. The SMILES string of the molecule is C.CN(C)c1nc(NC2CCC(NC(=O)Cc3c[nH]c4ccccc34)CC2)nc2ccccc12. The van der Waals surface area contributed by atoms with E-state index in [0.29, 0.717) is 18.4 Å². The molecular formula is C27H34N6O. The second-order valence-corrected chi connectivity index (χ2v) is 9.08. The van der Waals surface area contributed by atoms with E-state index in [-0.39, 0.29) is 19.4 Å². The number of aromatic amines is 1. The molecule has 34 heavy (non-hydrogen) atoms. The van der Waals surface area contributed by atoms with Crippen molar-refractivity contribution in [1.29, 1.82) is 0 Å². The zero-order valence-electron chi connectivity index (χ0n) is 19.1. The van der Waals surface area contributed by atoms with E-state index in [9.17, 15) is 4.79 Å². The van der Waals surface area contributed by atoms with Crippen molar-refractivity contribution in [2.45, 2.75) is 51.6 Å². The number of amides is 1. The number of para-hydroxylation sites is 2. The van der Waals surface area contributed by atoms with E-state index in [4.69, 9.17) is 9.97 Å². The zero-order valence-corrected chi connectivity index (χ0v) is 19.1. The van der Waals surface area contributed by atoms with E-state index in [0.717, 1.165) is 58.9 Å². The Balaban J connectivity index is 0.00000274. The molecule has 1 aliphatic rings. The maximum Gasteiger partial charge on any atom is 0.225 e. The van der Waals surface area contributed by atoms with Crippen LogP contribution in [0.5, 0.6) is 0 Å². The Labute approximate surface area is 201 Å². The number of carbonyl (C=O) groups is 1. The van der Waals surface area contributed by atoms with Crippen molar-refractivity contribution in [3.8, 4) is 0 Å². The van der Waals surface area contributed by atoms with E-state index >= 15 is 0 Å². The van der Waals surface area contributed by atoms with Crippen LogP contribution in [0.2, 0.25) is 0 Å². The Hall–Kier alpha value is -3.61. The molecule has 0 radical (unpaired) electrons. The molecule has 1 fully saturated rings. The van der Waals surface area contributed by atoms with Gasteiger partial charge in [-0.3, -0.25) is 4.79 Å². The number of aromatic nitrogens is 3. The molecule has 4 aromatic rings. The van der Waals surface area contributed by atoms with Crippen molar-refractivity contribution in [1.82, 2.24) is 20.3 Å². The van der Waals surface area contributed by atoms with Gasteiger partial charge in [0.2, 0.25) is 11.9 Å². The van der Waals surface area contributed by atoms with Gasteiger partial charge in [-0.2, -0.15) is 4.98 Å². The Morgan fingerprint density at radius 2 is 1.65 bits per heavy atom. The molecular weight excluding hydrogens is 424 g/mol. The standard InChI is InChI=1S/C26H30N6O.CH4/c1-32(2)25-21-8-4-6-10-23(21)30-26(31-25)29-19-13-11-18(12-14-19)28-24(33)15-17-16-27-22-9-5-3-7-20(17)22;/h3-10,16,18-19,27H,11-15H2,1-2H3,(H,28,33)(H,29,30,31);1H4. The minimum absolute atomic E-state index is 0. The summed E-state index contributed by atoms with van der Waals surface area (Å²) in [7, 11) is 4.01. The third kappa shape index (κ3) is 4.98. The van der Waals surface area contributed by atoms with Gasteiger partial charge in [-0.05, 0) is 49.4 Å². The van der Waals surface area contributed by atoms with Gasteiger partial charge in [-0.25, -0.2) is 4.98 Å². The van der Waals surface area contributed by atoms with Crippen molar-refractivity contribution in [3.63, 3.8) is 0 Å². The fraction of sp³-hybridized carbons (Fsp3) is 0.370. The second-order valence-electron chi connectivity index (χ2n) is 9.08. The minimum atomic E-state index is 0. The van der Waals surface area contributed by atoms with Crippen molar-refractivity contribution in [3.05, 3.63) is 60.3 Å². The van der Waals surface area contributed by atoms with Crippen LogP contribution in [0.15, 0.2) is 54.7 Å². The van der Waals surface area contributed by atoms with Crippen LogP contribution in [0.1, 0.15) is 38.7 Å². The van der Waals surface area contributed by atoms with Crippen LogP contribution in [-0.2, 0) is 11.2 Å². The Morgan fingerprint density at radius 1 is 0.971 bits per heavy atom. The highest BCUT2D eigenvalue weighted by Crippen LogP contribution is 2.26. The summed E-state index contributed by atoms with van der Waals surface area (Å²) in [4.78, 5) is 27.4. The Morgan fingerprint density at radius 3 is 2.41 bits per heavy atom. The van der Waals surface area contributed by atoms with Crippen LogP contribution in [-0.4, -0.2) is 47.0 Å².